The molecule has 3 heterocycles. The summed E-state index contributed by atoms with van der Waals surface area (Å²) in [5.74, 6) is 0.169. The van der Waals surface area contributed by atoms with Gasteiger partial charge in [0.2, 0.25) is 0 Å². The summed E-state index contributed by atoms with van der Waals surface area (Å²) >= 11 is 0. The molecule has 4 nitrogen and oxygen atoms in total. The second-order valence-electron chi connectivity index (χ2n) is 6.72. The molecule has 160 valence electrons. The van der Waals surface area contributed by atoms with Gasteiger partial charge in [-0.05, 0) is 42.5 Å². The Balaban J connectivity index is 0.000000153. The van der Waals surface area contributed by atoms with E-state index in [1.165, 1.54) is 18.2 Å². The van der Waals surface area contributed by atoms with Crippen molar-refractivity contribution in [3.63, 3.8) is 0 Å². The second kappa shape index (κ2) is 8.97. The number of hydrogen-bond acceptors (Lipinski definition) is 3. The molecule has 0 atom stereocenters. The first kappa shape index (κ1) is 21.2. The van der Waals surface area contributed by atoms with Gasteiger partial charge in [-0.3, -0.25) is 0 Å². The molecular formula is C24H16F4N4. The first-order valence-corrected chi connectivity index (χ1v) is 9.55. The Morgan fingerprint density at radius 3 is 2.09 bits per heavy atom. The molecule has 5 rings (SSSR count). The molecule has 32 heavy (non-hydrogen) atoms. The predicted molar refractivity (Wildman–Crippen MR) is 113 cm³/mol. The largest absolute Gasteiger partial charge is 0.416 e. The molecule has 0 unspecified atom stereocenters. The normalized spacial score (nSPS) is 11.1. The molecule has 0 radical (unpaired) electrons. The number of nitrogens with zero attached hydrogens (tertiary/aromatic N) is 4. The number of fused-ring (bicyclic) bond motifs is 1. The highest BCUT2D eigenvalue weighted by Crippen LogP contribution is 2.30. The van der Waals surface area contributed by atoms with Crippen LogP contribution in [0.2, 0.25) is 0 Å². The summed E-state index contributed by atoms with van der Waals surface area (Å²) in [4.78, 5) is 12.3. The van der Waals surface area contributed by atoms with Crippen LogP contribution < -0.4 is 0 Å². The van der Waals surface area contributed by atoms with Gasteiger partial charge < -0.3 is 4.40 Å². The van der Waals surface area contributed by atoms with Gasteiger partial charge in [0, 0.05) is 35.9 Å². The molecule has 8 heteroatoms. The van der Waals surface area contributed by atoms with Crippen LogP contribution in [0.4, 0.5) is 17.6 Å². The minimum Gasteiger partial charge on any atom is -0.306 e. The number of alkyl halides is 3. The van der Waals surface area contributed by atoms with E-state index >= 15 is 0 Å². The first-order chi connectivity index (χ1) is 15.4. The van der Waals surface area contributed by atoms with Crippen molar-refractivity contribution in [2.75, 3.05) is 0 Å². The third-order valence-corrected chi connectivity index (χ3v) is 4.55. The molecule has 0 aliphatic heterocycles. The highest BCUT2D eigenvalue weighted by atomic mass is 19.4. The SMILES string of the molecule is FC(F)(F)c1ccc(-c2ncccn2)cc1.Fc1ccccc1-c1cn2ccccc2n1. The number of benzene rings is 2. The van der Waals surface area contributed by atoms with Crippen molar-refractivity contribution >= 4 is 5.65 Å². The fourth-order valence-electron chi connectivity index (χ4n) is 2.99. The maximum absolute atomic E-state index is 13.6. The lowest BCUT2D eigenvalue weighted by Gasteiger charge is -2.06. The van der Waals surface area contributed by atoms with Crippen molar-refractivity contribution in [2.45, 2.75) is 6.18 Å². The quantitative estimate of drug-likeness (QED) is 0.305. The number of halogens is 4. The molecule has 0 N–H and O–H groups in total. The van der Waals surface area contributed by atoms with Crippen LogP contribution in [0.5, 0.6) is 0 Å². The van der Waals surface area contributed by atoms with Crippen LogP contribution in [0, 0.1) is 5.82 Å². The van der Waals surface area contributed by atoms with E-state index in [0.29, 0.717) is 22.6 Å². The van der Waals surface area contributed by atoms with Crippen molar-refractivity contribution in [2.24, 2.45) is 0 Å². The van der Waals surface area contributed by atoms with Gasteiger partial charge in [-0.15, -0.1) is 0 Å². The molecule has 5 aromatic rings. The van der Waals surface area contributed by atoms with Crippen LogP contribution in [-0.2, 0) is 6.18 Å². The molecule has 0 spiro atoms. The van der Waals surface area contributed by atoms with Crippen LogP contribution in [0.3, 0.4) is 0 Å². The zero-order chi connectivity index (χ0) is 22.6. The summed E-state index contributed by atoms with van der Waals surface area (Å²) in [6.45, 7) is 0. The average molecular weight is 436 g/mol. The zero-order valence-electron chi connectivity index (χ0n) is 16.5. The number of aromatic nitrogens is 4. The van der Waals surface area contributed by atoms with Gasteiger partial charge in [0.05, 0.1) is 11.3 Å². The van der Waals surface area contributed by atoms with Gasteiger partial charge in [0.25, 0.3) is 0 Å². The molecule has 0 fully saturated rings. The van der Waals surface area contributed by atoms with Crippen molar-refractivity contribution in [1.82, 2.24) is 19.4 Å². The lowest BCUT2D eigenvalue weighted by molar-refractivity contribution is -0.137. The molecule has 0 saturated carbocycles. The van der Waals surface area contributed by atoms with E-state index in [0.717, 1.165) is 17.8 Å². The van der Waals surface area contributed by atoms with Gasteiger partial charge in [-0.25, -0.2) is 19.3 Å². The number of rotatable bonds is 2. The van der Waals surface area contributed by atoms with E-state index in [4.69, 9.17) is 0 Å². The standard InChI is InChI=1S/C13H9FN2.C11H7F3N2/c14-11-6-2-1-5-10(11)12-9-16-8-4-3-7-13(16)15-12;12-11(13,14)9-4-2-8(3-5-9)10-15-6-1-7-16-10/h1-9H;1-7H. The minimum absolute atomic E-state index is 0.245. The highest BCUT2D eigenvalue weighted by molar-refractivity contribution is 5.63. The van der Waals surface area contributed by atoms with Gasteiger partial charge in [0.15, 0.2) is 5.82 Å². The Labute approximate surface area is 180 Å². The van der Waals surface area contributed by atoms with E-state index in [1.54, 1.807) is 30.6 Å². The molecule has 0 bridgehead atoms. The summed E-state index contributed by atoms with van der Waals surface area (Å²) in [5, 5.41) is 0. The summed E-state index contributed by atoms with van der Waals surface area (Å²) in [7, 11) is 0. The van der Waals surface area contributed by atoms with Crippen molar-refractivity contribution in [3.05, 3.63) is 109 Å². The summed E-state index contributed by atoms with van der Waals surface area (Å²) in [5.41, 5.74) is 1.90. The third-order valence-electron chi connectivity index (χ3n) is 4.55. The number of pyridine rings is 1. The minimum atomic E-state index is -4.31. The Kier molecular flexibility index (Phi) is 5.93. The fourth-order valence-corrected chi connectivity index (χ4v) is 2.99. The zero-order valence-corrected chi connectivity index (χ0v) is 16.5. The summed E-state index contributed by atoms with van der Waals surface area (Å²) in [6, 6.07) is 18.8. The summed E-state index contributed by atoms with van der Waals surface area (Å²) < 4.78 is 52.3. The Hall–Kier alpha value is -4.07. The van der Waals surface area contributed by atoms with Crippen molar-refractivity contribution in [3.8, 4) is 22.6 Å². The average Bonchev–Trinajstić information content (AvgIpc) is 3.24. The van der Waals surface area contributed by atoms with Crippen LogP contribution in [0.1, 0.15) is 5.56 Å². The molecule has 0 aliphatic carbocycles. The van der Waals surface area contributed by atoms with E-state index in [9.17, 15) is 17.6 Å². The first-order valence-electron chi connectivity index (χ1n) is 9.55. The Morgan fingerprint density at radius 2 is 1.44 bits per heavy atom. The third kappa shape index (κ3) is 4.80. The molecule has 0 aliphatic rings. The van der Waals surface area contributed by atoms with E-state index in [1.807, 2.05) is 41.1 Å². The lowest BCUT2D eigenvalue weighted by Crippen LogP contribution is -2.04. The van der Waals surface area contributed by atoms with Gasteiger partial charge in [0.1, 0.15) is 11.5 Å². The van der Waals surface area contributed by atoms with Crippen LogP contribution in [0.15, 0.2) is 97.6 Å². The van der Waals surface area contributed by atoms with Crippen molar-refractivity contribution in [1.29, 1.82) is 0 Å². The summed E-state index contributed by atoms with van der Waals surface area (Å²) in [6.07, 6.45) is 2.50. The topological polar surface area (TPSA) is 43.1 Å². The van der Waals surface area contributed by atoms with Crippen LogP contribution in [0.25, 0.3) is 28.3 Å². The van der Waals surface area contributed by atoms with Crippen molar-refractivity contribution < 1.29 is 17.6 Å². The Morgan fingerprint density at radius 1 is 0.750 bits per heavy atom. The lowest BCUT2D eigenvalue weighted by atomic mass is 10.1. The molecule has 0 saturated heterocycles. The highest BCUT2D eigenvalue weighted by Gasteiger charge is 2.30. The molecule has 2 aromatic carbocycles. The van der Waals surface area contributed by atoms with Gasteiger partial charge in [-0.1, -0.05) is 30.3 Å². The van der Waals surface area contributed by atoms with E-state index < -0.39 is 11.7 Å². The molecule has 0 amide bonds. The monoisotopic (exact) mass is 436 g/mol. The maximum Gasteiger partial charge on any atom is 0.416 e. The molecule has 3 aromatic heterocycles. The van der Waals surface area contributed by atoms with Gasteiger partial charge in [-0.2, -0.15) is 13.2 Å². The van der Waals surface area contributed by atoms with Gasteiger partial charge >= 0.3 is 6.18 Å². The predicted octanol–water partition coefficient (Wildman–Crippen LogP) is 6.30. The smallest absolute Gasteiger partial charge is 0.306 e. The number of hydrogen-bond donors (Lipinski definition) is 0. The van der Waals surface area contributed by atoms with Crippen LogP contribution >= 0.6 is 0 Å². The van der Waals surface area contributed by atoms with E-state index in [2.05, 4.69) is 15.0 Å². The van der Waals surface area contributed by atoms with Crippen LogP contribution in [-0.4, -0.2) is 19.4 Å². The fraction of sp³-hybridized carbons (Fsp3) is 0.0417. The molecular weight excluding hydrogens is 420 g/mol. The maximum atomic E-state index is 13.6. The second-order valence-corrected chi connectivity index (χ2v) is 6.72. The van der Waals surface area contributed by atoms with E-state index in [-0.39, 0.29) is 5.82 Å². The number of imidazole rings is 1. The Bertz CT molecular complexity index is 1280.